The molecule has 2 heterocycles. The number of halogens is 1. The van der Waals surface area contributed by atoms with E-state index in [1.165, 1.54) is 10.4 Å². The molecule has 2 N–H and O–H groups in total. The third-order valence-corrected chi connectivity index (χ3v) is 5.18. The third kappa shape index (κ3) is 5.90. The Morgan fingerprint density at radius 2 is 2.04 bits per heavy atom. The maximum atomic E-state index is 4.69. The van der Waals surface area contributed by atoms with E-state index in [-0.39, 0.29) is 24.0 Å². The van der Waals surface area contributed by atoms with Crippen LogP contribution in [-0.4, -0.2) is 33.6 Å². The number of hydrogen-bond donors (Lipinski definition) is 2. The van der Waals surface area contributed by atoms with Crippen molar-refractivity contribution >= 4 is 52.3 Å². The number of thiazole rings is 1. The maximum absolute atomic E-state index is 4.69. The number of para-hydroxylation sites is 2. The van der Waals surface area contributed by atoms with Crippen LogP contribution < -0.4 is 10.6 Å². The molecule has 0 saturated carbocycles. The lowest BCUT2D eigenvalue weighted by Crippen LogP contribution is -2.38. The van der Waals surface area contributed by atoms with Gasteiger partial charge in [0.05, 0.1) is 34.6 Å². The Morgan fingerprint density at radius 1 is 1.22 bits per heavy atom. The molecule has 1 aromatic carbocycles. The molecular weight excluding hydrogens is 471 g/mol. The van der Waals surface area contributed by atoms with E-state index in [1.54, 1.807) is 11.3 Å². The number of benzene rings is 1. The van der Waals surface area contributed by atoms with E-state index in [0.29, 0.717) is 6.54 Å². The molecule has 27 heavy (non-hydrogen) atoms. The zero-order valence-corrected chi connectivity index (χ0v) is 19.2. The molecule has 0 spiro atoms. The summed E-state index contributed by atoms with van der Waals surface area (Å²) in [5.41, 5.74) is 3.31. The molecule has 0 saturated heterocycles. The molecule has 0 atom stereocenters. The fourth-order valence-corrected chi connectivity index (χ4v) is 3.72. The van der Waals surface area contributed by atoms with Crippen molar-refractivity contribution in [3.8, 4) is 0 Å². The van der Waals surface area contributed by atoms with Crippen LogP contribution in [0.2, 0.25) is 0 Å². The van der Waals surface area contributed by atoms with Crippen molar-refractivity contribution < 1.29 is 0 Å². The molecule has 0 bridgehead atoms. The Kier molecular flexibility index (Phi) is 8.49. The van der Waals surface area contributed by atoms with Crippen molar-refractivity contribution in [3.63, 3.8) is 0 Å². The lowest BCUT2D eigenvalue weighted by atomic mass is 10.3. The number of aromatic nitrogens is 3. The summed E-state index contributed by atoms with van der Waals surface area (Å²) in [5.74, 6) is 0.855. The summed E-state index contributed by atoms with van der Waals surface area (Å²) >= 11 is 1.72. The van der Waals surface area contributed by atoms with E-state index in [9.17, 15) is 0 Å². The topological polar surface area (TPSA) is 67.1 Å². The Bertz CT molecular complexity index is 885. The van der Waals surface area contributed by atoms with Gasteiger partial charge in [-0.3, -0.25) is 0 Å². The minimum Gasteiger partial charge on any atom is -0.357 e. The van der Waals surface area contributed by atoms with E-state index in [4.69, 9.17) is 0 Å². The molecule has 0 aliphatic carbocycles. The number of guanidine groups is 1. The highest BCUT2D eigenvalue weighted by molar-refractivity contribution is 14.0. The standard InChI is InChI=1S/C19H26N6S.HI/c1-4-20-19(22-12-18-14(2)24-15(3)26-18)21-10-7-11-25-13-23-16-8-5-6-9-17(16)25;/h5-6,8-9,13H,4,7,10-12H2,1-3H3,(H2,20,21,22);1H. The molecule has 0 amide bonds. The smallest absolute Gasteiger partial charge is 0.191 e. The van der Waals surface area contributed by atoms with Crippen molar-refractivity contribution in [1.82, 2.24) is 25.2 Å². The number of rotatable bonds is 7. The molecule has 0 fully saturated rings. The predicted octanol–water partition coefficient (Wildman–Crippen LogP) is 3.87. The van der Waals surface area contributed by atoms with Gasteiger partial charge in [0.1, 0.15) is 0 Å². The second kappa shape index (κ2) is 10.6. The number of aliphatic imine (C=N–C) groups is 1. The van der Waals surface area contributed by atoms with Crippen molar-refractivity contribution in [2.24, 2.45) is 4.99 Å². The molecule has 146 valence electrons. The highest BCUT2D eigenvalue weighted by Gasteiger charge is 2.05. The molecule has 0 radical (unpaired) electrons. The van der Waals surface area contributed by atoms with Gasteiger partial charge < -0.3 is 15.2 Å². The van der Waals surface area contributed by atoms with Gasteiger partial charge in [-0.05, 0) is 39.3 Å². The van der Waals surface area contributed by atoms with Crippen LogP contribution in [0, 0.1) is 13.8 Å². The summed E-state index contributed by atoms with van der Waals surface area (Å²) in [7, 11) is 0. The number of imidazole rings is 1. The van der Waals surface area contributed by atoms with Crippen molar-refractivity contribution in [3.05, 3.63) is 46.2 Å². The van der Waals surface area contributed by atoms with Crippen LogP contribution in [0.5, 0.6) is 0 Å². The fourth-order valence-electron chi connectivity index (χ4n) is 2.86. The predicted molar refractivity (Wildman–Crippen MR) is 124 cm³/mol. The Morgan fingerprint density at radius 3 is 2.78 bits per heavy atom. The zero-order chi connectivity index (χ0) is 18.4. The van der Waals surface area contributed by atoms with E-state index >= 15 is 0 Å². The van der Waals surface area contributed by atoms with Gasteiger partial charge in [0.2, 0.25) is 0 Å². The monoisotopic (exact) mass is 498 g/mol. The number of nitrogens with zero attached hydrogens (tertiary/aromatic N) is 4. The van der Waals surface area contributed by atoms with E-state index in [2.05, 4.69) is 49.2 Å². The summed E-state index contributed by atoms with van der Waals surface area (Å²) in [4.78, 5) is 14.8. The normalized spacial score (nSPS) is 11.4. The molecule has 8 heteroatoms. The molecule has 3 rings (SSSR count). The van der Waals surface area contributed by atoms with Crippen LogP contribution in [0.15, 0.2) is 35.6 Å². The second-order valence-corrected chi connectivity index (χ2v) is 7.43. The van der Waals surface area contributed by atoms with E-state index in [0.717, 1.165) is 48.2 Å². The minimum absolute atomic E-state index is 0. The molecule has 0 unspecified atom stereocenters. The maximum Gasteiger partial charge on any atom is 0.191 e. The van der Waals surface area contributed by atoms with Crippen molar-refractivity contribution in [1.29, 1.82) is 0 Å². The highest BCUT2D eigenvalue weighted by atomic mass is 127. The van der Waals surface area contributed by atoms with Crippen LogP contribution in [0.25, 0.3) is 11.0 Å². The molecule has 0 aliphatic heterocycles. The Hall–Kier alpha value is -1.68. The molecular formula is C19H27IN6S. The van der Waals surface area contributed by atoms with Gasteiger partial charge in [-0.25, -0.2) is 15.0 Å². The summed E-state index contributed by atoms with van der Waals surface area (Å²) < 4.78 is 2.20. The lowest BCUT2D eigenvalue weighted by Gasteiger charge is -2.11. The van der Waals surface area contributed by atoms with Crippen molar-refractivity contribution in [2.45, 2.75) is 40.3 Å². The van der Waals surface area contributed by atoms with Crippen LogP contribution in [-0.2, 0) is 13.1 Å². The fraction of sp³-hybridized carbons (Fsp3) is 0.421. The summed E-state index contributed by atoms with van der Waals surface area (Å²) in [6.07, 6.45) is 2.92. The summed E-state index contributed by atoms with van der Waals surface area (Å²) in [6.45, 7) is 9.46. The quantitative estimate of drug-likeness (QED) is 0.225. The van der Waals surface area contributed by atoms with Gasteiger partial charge >= 0.3 is 0 Å². The van der Waals surface area contributed by atoms with Gasteiger partial charge in [-0.15, -0.1) is 35.3 Å². The molecule has 3 aromatic rings. The third-order valence-electron chi connectivity index (χ3n) is 4.12. The van der Waals surface area contributed by atoms with Crippen LogP contribution >= 0.6 is 35.3 Å². The van der Waals surface area contributed by atoms with Gasteiger partial charge in [-0.1, -0.05) is 12.1 Å². The summed E-state index contributed by atoms with van der Waals surface area (Å²) in [6, 6.07) is 8.23. The van der Waals surface area contributed by atoms with Crippen LogP contribution in [0.3, 0.4) is 0 Å². The van der Waals surface area contributed by atoms with Crippen LogP contribution in [0.4, 0.5) is 0 Å². The first kappa shape index (κ1) is 21.6. The van der Waals surface area contributed by atoms with Crippen molar-refractivity contribution in [2.75, 3.05) is 13.1 Å². The largest absolute Gasteiger partial charge is 0.357 e. The van der Waals surface area contributed by atoms with Gasteiger partial charge in [0.15, 0.2) is 5.96 Å². The van der Waals surface area contributed by atoms with Gasteiger partial charge in [0.25, 0.3) is 0 Å². The lowest BCUT2D eigenvalue weighted by molar-refractivity contribution is 0.637. The van der Waals surface area contributed by atoms with Gasteiger partial charge in [-0.2, -0.15) is 0 Å². The van der Waals surface area contributed by atoms with E-state index in [1.807, 2.05) is 32.3 Å². The number of nitrogens with one attached hydrogen (secondary N) is 2. The minimum atomic E-state index is 0. The Labute approximate surface area is 181 Å². The van der Waals surface area contributed by atoms with E-state index < -0.39 is 0 Å². The Balaban J connectivity index is 0.00000261. The number of fused-ring (bicyclic) bond motifs is 1. The number of hydrogen-bond acceptors (Lipinski definition) is 4. The zero-order valence-electron chi connectivity index (χ0n) is 16.0. The molecule has 0 aliphatic rings. The first-order valence-electron chi connectivity index (χ1n) is 9.02. The second-order valence-electron chi connectivity index (χ2n) is 6.14. The highest BCUT2D eigenvalue weighted by Crippen LogP contribution is 2.17. The average molecular weight is 498 g/mol. The summed E-state index contributed by atoms with van der Waals surface area (Å²) in [5, 5.41) is 7.82. The first-order chi connectivity index (χ1) is 12.7. The average Bonchev–Trinajstić information content (AvgIpc) is 3.19. The first-order valence-corrected chi connectivity index (χ1v) is 9.84. The van der Waals surface area contributed by atoms with Gasteiger partial charge in [0, 0.05) is 24.5 Å². The number of aryl methyl sites for hydroxylation is 3. The molecule has 2 aromatic heterocycles. The van der Waals surface area contributed by atoms with Crippen LogP contribution in [0.1, 0.15) is 28.9 Å². The molecule has 6 nitrogen and oxygen atoms in total. The SMILES string of the molecule is CCNC(=NCc1sc(C)nc1C)NCCCn1cnc2ccccc21.I.